The summed E-state index contributed by atoms with van der Waals surface area (Å²) in [7, 11) is -3.86. The molecule has 86 valence electrons. The van der Waals surface area contributed by atoms with Crippen LogP contribution in [0.3, 0.4) is 0 Å². The highest BCUT2D eigenvalue weighted by molar-refractivity contribution is 6.50. The molecule has 14 heavy (non-hydrogen) atoms. The van der Waals surface area contributed by atoms with Crippen molar-refractivity contribution in [1.29, 1.82) is 0 Å². The Balaban J connectivity index is 0.000000292. The summed E-state index contributed by atoms with van der Waals surface area (Å²) >= 11 is 0. The second-order valence-corrected chi connectivity index (χ2v) is 4.05. The molecule has 0 unspecified atom stereocenters. The lowest BCUT2D eigenvalue weighted by atomic mass is 9.98. The van der Waals surface area contributed by atoms with Crippen molar-refractivity contribution in [3.05, 3.63) is 0 Å². The lowest BCUT2D eigenvalue weighted by Gasteiger charge is -2.35. The fraction of sp³-hybridized carbons (Fsp3) is 1.00. The van der Waals surface area contributed by atoms with Crippen LogP contribution in [0.4, 0.5) is 17.3 Å². The first-order valence-electron chi connectivity index (χ1n) is 4.63. The smallest absolute Gasteiger partial charge is 0.420 e. The highest BCUT2D eigenvalue weighted by Gasteiger charge is 2.32. The van der Waals surface area contributed by atoms with Crippen LogP contribution in [0.1, 0.15) is 33.1 Å². The Labute approximate surface area is 82.2 Å². The van der Waals surface area contributed by atoms with Crippen molar-refractivity contribution in [3.63, 3.8) is 0 Å². The van der Waals surface area contributed by atoms with Crippen molar-refractivity contribution in [3.8, 4) is 0 Å². The van der Waals surface area contributed by atoms with E-state index < -0.39 is 7.25 Å². The molecule has 1 fully saturated rings. The Kier molecular flexibility index (Phi) is 4.91. The summed E-state index contributed by atoms with van der Waals surface area (Å²) in [5.41, 5.74) is 0.387. The number of hydrogen-bond acceptors (Lipinski definition) is 0. The molecule has 0 N–H and O–H groups in total. The zero-order chi connectivity index (χ0) is 11.4. The van der Waals surface area contributed by atoms with Gasteiger partial charge in [0.2, 0.25) is 0 Å². The van der Waals surface area contributed by atoms with Crippen LogP contribution in [0.5, 0.6) is 0 Å². The molecule has 0 aromatic carbocycles. The Morgan fingerprint density at radius 1 is 1.07 bits per heavy atom. The van der Waals surface area contributed by atoms with Crippen LogP contribution in [0.15, 0.2) is 0 Å². The molecular formula is C8H17BF4O. The van der Waals surface area contributed by atoms with Crippen LogP contribution in [-0.4, -0.2) is 26.6 Å². The van der Waals surface area contributed by atoms with Crippen LogP contribution in [-0.2, 0) is 4.37 Å². The molecule has 6 heteroatoms. The summed E-state index contributed by atoms with van der Waals surface area (Å²) in [6.45, 7) is 5.78. The summed E-state index contributed by atoms with van der Waals surface area (Å²) in [5.74, 6) is 0. The Bertz CT molecular complexity index is 163. The lowest BCUT2D eigenvalue weighted by molar-refractivity contribution is -0.228. The van der Waals surface area contributed by atoms with E-state index in [0.29, 0.717) is 5.60 Å². The van der Waals surface area contributed by atoms with E-state index >= 15 is 0 Å². The SMILES string of the molecule is C[O+]1CCCCC1(C)C.F[B-](F)(F)F. The topological polar surface area (TPSA) is 2.70 Å². The van der Waals surface area contributed by atoms with Crippen LogP contribution in [0.25, 0.3) is 0 Å². The van der Waals surface area contributed by atoms with Gasteiger partial charge in [-0.1, -0.05) is 0 Å². The largest absolute Gasteiger partial charge is 0.673 e. The van der Waals surface area contributed by atoms with E-state index in [1.807, 2.05) is 0 Å². The molecule has 1 rings (SSSR count). The summed E-state index contributed by atoms with van der Waals surface area (Å²) in [6, 6.07) is 0. The average molecular weight is 216 g/mol. The second-order valence-electron chi connectivity index (χ2n) is 4.05. The molecule has 0 saturated carbocycles. The molecule has 1 nitrogen and oxygen atoms in total. The van der Waals surface area contributed by atoms with Gasteiger partial charge >= 0.3 is 7.25 Å². The van der Waals surface area contributed by atoms with Crippen LogP contribution >= 0.6 is 0 Å². The fourth-order valence-corrected chi connectivity index (χ4v) is 1.32. The molecule has 1 aliphatic heterocycles. The third-order valence-corrected chi connectivity index (χ3v) is 2.42. The van der Waals surface area contributed by atoms with E-state index in [0.717, 1.165) is 0 Å². The fourth-order valence-electron chi connectivity index (χ4n) is 1.32. The minimum Gasteiger partial charge on any atom is -0.420 e. The second kappa shape index (κ2) is 5.00. The van der Waals surface area contributed by atoms with Gasteiger partial charge in [0.15, 0.2) is 5.60 Å². The Morgan fingerprint density at radius 3 is 1.71 bits per heavy atom. The van der Waals surface area contributed by atoms with Gasteiger partial charge in [0.1, 0.15) is 13.7 Å². The van der Waals surface area contributed by atoms with Crippen LogP contribution in [0, 0.1) is 0 Å². The molecule has 0 spiro atoms. The van der Waals surface area contributed by atoms with Gasteiger partial charge in [-0.15, -0.1) is 0 Å². The third-order valence-electron chi connectivity index (χ3n) is 2.42. The first-order valence-corrected chi connectivity index (χ1v) is 4.63. The molecule has 1 heterocycles. The Hall–Kier alpha value is -0.255. The minimum absolute atomic E-state index is 0.387. The molecule has 1 saturated heterocycles. The van der Waals surface area contributed by atoms with E-state index in [1.165, 1.54) is 25.9 Å². The third kappa shape index (κ3) is 7.18. The van der Waals surface area contributed by atoms with Crippen molar-refractivity contribution < 1.29 is 21.6 Å². The van der Waals surface area contributed by atoms with Crippen LogP contribution in [0.2, 0.25) is 0 Å². The molecule has 0 bridgehead atoms. The first kappa shape index (κ1) is 13.7. The average Bonchev–Trinajstić information content (AvgIpc) is 1.92. The van der Waals surface area contributed by atoms with Gasteiger partial charge < -0.3 is 21.6 Å². The molecule has 0 radical (unpaired) electrons. The normalized spacial score (nSPS) is 22.5. The van der Waals surface area contributed by atoms with Crippen LogP contribution < -0.4 is 0 Å². The highest BCUT2D eigenvalue weighted by Crippen LogP contribution is 2.28. The molecular weight excluding hydrogens is 199 g/mol. The summed E-state index contributed by atoms with van der Waals surface area (Å²) in [6.07, 6.45) is 4.07. The van der Waals surface area contributed by atoms with E-state index in [-0.39, 0.29) is 0 Å². The quantitative estimate of drug-likeness (QED) is 0.331. The van der Waals surface area contributed by atoms with Gasteiger partial charge in [-0.3, -0.25) is 0 Å². The zero-order valence-corrected chi connectivity index (χ0v) is 8.83. The highest BCUT2D eigenvalue weighted by atomic mass is 19.5. The number of rotatable bonds is 0. The van der Waals surface area contributed by atoms with Crippen molar-refractivity contribution in [2.24, 2.45) is 0 Å². The maximum Gasteiger partial charge on any atom is 0.673 e. The summed E-state index contributed by atoms with van der Waals surface area (Å²) < 4.78 is 42.2. The summed E-state index contributed by atoms with van der Waals surface area (Å²) in [5, 5.41) is 0. The molecule has 1 aliphatic rings. The van der Waals surface area contributed by atoms with Crippen molar-refractivity contribution in [2.75, 3.05) is 13.7 Å². The zero-order valence-electron chi connectivity index (χ0n) is 8.83. The summed E-state index contributed by atoms with van der Waals surface area (Å²) in [4.78, 5) is 0. The molecule has 0 aromatic heterocycles. The monoisotopic (exact) mass is 216 g/mol. The molecule has 0 aromatic rings. The van der Waals surface area contributed by atoms with Gasteiger partial charge in [0.05, 0.1) is 0 Å². The molecule has 0 amide bonds. The minimum atomic E-state index is -6.00. The van der Waals surface area contributed by atoms with Gasteiger partial charge in [-0.05, 0) is 6.42 Å². The van der Waals surface area contributed by atoms with E-state index in [9.17, 15) is 17.3 Å². The standard InChI is InChI=1S/C8H17O.BF4/c1-8(2)6-4-5-7-9(8)3;2-1(3,4)5/h4-7H2,1-3H3;/q+1;-1. The maximum absolute atomic E-state index is 9.75. The van der Waals surface area contributed by atoms with E-state index in [1.54, 1.807) is 0 Å². The predicted octanol–water partition coefficient (Wildman–Crippen LogP) is 3.43. The van der Waals surface area contributed by atoms with Gasteiger partial charge in [-0.2, -0.15) is 0 Å². The van der Waals surface area contributed by atoms with Crippen molar-refractivity contribution in [2.45, 2.75) is 38.7 Å². The molecule has 0 atom stereocenters. The Morgan fingerprint density at radius 2 is 1.50 bits per heavy atom. The maximum atomic E-state index is 9.75. The molecule has 0 aliphatic carbocycles. The van der Waals surface area contributed by atoms with E-state index in [4.69, 9.17) is 0 Å². The van der Waals surface area contributed by atoms with Crippen molar-refractivity contribution in [1.82, 2.24) is 0 Å². The number of hydrogen-bond donors (Lipinski definition) is 0. The van der Waals surface area contributed by atoms with Gasteiger partial charge in [0.25, 0.3) is 0 Å². The first-order chi connectivity index (χ1) is 6.13. The van der Waals surface area contributed by atoms with Gasteiger partial charge in [0, 0.05) is 26.7 Å². The lowest BCUT2D eigenvalue weighted by Crippen LogP contribution is -2.38. The van der Waals surface area contributed by atoms with Crippen molar-refractivity contribution >= 4 is 7.25 Å². The number of halogens is 4. The van der Waals surface area contributed by atoms with E-state index in [2.05, 4.69) is 25.3 Å². The van der Waals surface area contributed by atoms with Gasteiger partial charge in [-0.25, -0.2) is 0 Å². The predicted molar refractivity (Wildman–Crippen MR) is 50.0 cm³/mol.